The van der Waals surface area contributed by atoms with Gasteiger partial charge in [-0.25, -0.2) is 9.18 Å². The SMILES string of the molecule is Cc1c(C(=O)O)sc2c(C(F)(F)F)c(F)ccc12. The molecule has 0 saturated carbocycles. The fourth-order valence-corrected chi connectivity index (χ4v) is 2.93. The third kappa shape index (κ3) is 1.84. The van der Waals surface area contributed by atoms with Gasteiger partial charge in [-0.3, -0.25) is 0 Å². The summed E-state index contributed by atoms with van der Waals surface area (Å²) in [5, 5.41) is 8.98. The van der Waals surface area contributed by atoms with Crippen LogP contribution in [0.25, 0.3) is 10.1 Å². The van der Waals surface area contributed by atoms with Gasteiger partial charge in [0.1, 0.15) is 16.3 Å². The second-order valence-corrected chi connectivity index (χ2v) is 4.68. The van der Waals surface area contributed by atoms with Gasteiger partial charge in [0.05, 0.1) is 4.70 Å². The molecule has 2 aromatic rings. The number of benzene rings is 1. The molecule has 96 valence electrons. The van der Waals surface area contributed by atoms with Crippen LogP contribution in [0, 0.1) is 12.7 Å². The molecule has 1 aromatic carbocycles. The number of carboxylic acids is 1. The van der Waals surface area contributed by atoms with Gasteiger partial charge in [0.2, 0.25) is 0 Å². The van der Waals surface area contributed by atoms with E-state index < -0.39 is 23.5 Å². The quantitative estimate of drug-likeness (QED) is 0.798. The second-order valence-electron chi connectivity index (χ2n) is 3.66. The molecule has 0 aliphatic rings. The molecule has 0 radical (unpaired) electrons. The minimum absolute atomic E-state index is 0.117. The lowest BCUT2D eigenvalue weighted by atomic mass is 10.1. The summed E-state index contributed by atoms with van der Waals surface area (Å²) >= 11 is 0.440. The van der Waals surface area contributed by atoms with Gasteiger partial charge in [-0.1, -0.05) is 6.07 Å². The Morgan fingerprint density at radius 3 is 2.44 bits per heavy atom. The van der Waals surface area contributed by atoms with Crippen LogP contribution < -0.4 is 0 Å². The smallest absolute Gasteiger partial charge is 0.420 e. The van der Waals surface area contributed by atoms with E-state index >= 15 is 0 Å². The molecule has 0 fully saturated rings. The topological polar surface area (TPSA) is 37.3 Å². The number of thiophene rings is 1. The highest BCUT2D eigenvalue weighted by atomic mass is 32.1. The van der Waals surface area contributed by atoms with Gasteiger partial charge in [-0.15, -0.1) is 11.3 Å². The van der Waals surface area contributed by atoms with Crippen LogP contribution in [-0.2, 0) is 6.18 Å². The zero-order valence-corrected chi connectivity index (χ0v) is 9.75. The molecule has 1 heterocycles. The number of halogens is 4. The minimum Gasteiger partial charge on any atom is -0.477 e. The normalized spacial score (nSPS) is 12.1. The van der Waals surface area contributed by atoms with Gasteiger partial charge in [0, 0.05) is 0 Å². The van der Waals surface area contributed by atoms with Crippen molar-refractivity contribution < 1.29 is 27.5 Å². The standard InChI is InChI=1S/C11H6F4O2S/c1-4-5-2-3-6(12)7(11(13,14)15)9(5)18-8(4)10(16)17/h2-3H,1H3,(H,16,17). The van der Waals surface area contributed by atoms with Crippen molar-refractivity contribution in [3.8, 4) is 0 Å². The Kier molecular flexibility index (Phi) is 2.81. The molecule has 1 aromatic heterocycles. The van der Waals surface area contributed by atoms with E-state index in [0.717, 1.165) is 6.07 Å². The average molecular weight is 278 g/mol. The molecule has 0 aliphatic carbocycles. The van der Waals surface area contributed by atoms with E-state index in [1.807, 2.05) is 0 Å². The Balaban J connectivity index is 2.90. The lowest BCUT2D eigenvalue weighted by molar-refractivity contribution is -0.138. The van der Waals surface area contributed by atoms with Crippen LogP contribution in [0.3, 0.4) is 0 Å². The van der Waals surface area contributed by atoms with E-state index in [2.05, 4.69) is 0 Å². The largest absolute Gasteiger partial charge is 0.477 e. The van der Waals surface area contributed by atoms with Crippen LogP contribution in [0.5, 0.6) is 0 Å². The molecule has 2 nitrogen and oxygen atoms in total. The van der Waals surface area contributed by atoms with E-state index in [0.29, 0.717) is 17.4 Å². The number of rotatable bonds is 1. The molecular weight excluding hydrogens is 272 g/mol. The van der Waals surface area contributed by atoms with Crippen LogP contribution in [0.4, 0.5) is 17.6 Å². The lowest BCUT2D eigenvalue weighted by Crippen LogP contribution is -2.08. The summed E-state index contributed by atoms with van der Waals surface area (Å²) in [5.74, 6) is -2.71. The minimum atomic E-state index is -4.85. The highest BCUT2D eigenvalue weighted by Crippen LogP contribution is 2.42. The molecule has 0 amide bonds. The number of aryl methyl sites for hydroxylation is 1. The zero-order chi connectivity index (χ0) is 13.7. The first kappa shape index (κ1) is 12.8. The summed E-state index contributed by atoms with van der Waals surface area (Å²) in [6, 6.07) is 1.87. The van der Waals surface area contributed by atoms with Crippen molar-refractivity contribution >= 4 is 27.4 Å². The average Bonchev–Trinajstić information content (AvgIpc) is 2.53. The van der Waals surface area contributed by atoms with Gasteiger partial charge < -0.3 is 5.11 Å². The van der Waals surface area contributed by atoms with E-state index in [4.69, 9.17) is 5.11 Å². The number of hydrogen-bond donors (Lipinski definition) is 1. The maximum atomic E-state index is 13.3. The van der Waals surface area contributed by atoms with E-state index in [9.17, 15) is 22.4 Å². The fraction of sp³-hybridized carbons (Fsp3) is 0.182. The van der Waals surface area contributed by atoms with Crippen molar-refractivity contribution in [1.29, 1.82) is 0 Å². The van der Waals surface area contributed by atoms with Gasteiger partial charge in [0.15, 0.2) is 0 Å². The van der Waals surface area contributed by atoms with E-state index in [1.54, 1.807) is 0 Å². The second kappa shape index (κ2) is 3.94. The maximum Gasteiger partial charge on any atom is 0.420 e. The molecule has 18 heavy (non-hydrogen) atoms. The van der Waals surface area contributed by atoms with Crippen LogP contribution in [0.1, 0.15) is 20.8 Å². The Morgan fingerprint density at radius 2 is 1.94 bits per heavy atom. The van der Waals surface area contributed by atoms with Gasteiger partial charge in [0.25, 0.3) is 0 Å². The maximum absolute atomic E-state index is 13.3. The van der Waals surface area contributed by atoms with Gasteiger partial charge in [-0.2, -0.15) is 13.2 Å². The van der Waals surface area contributed by atoms with Crippen molar-refractivity contribution in [2.24, 2.45) is 0 Å². The van der Waals surface area contributed by atoms with Crippen molar-refractivity contribution in [3.63, 3.8) is 0 Å². The Labute approximate surface area is 102 Å². The van der Waals surface area contributed by atoms with Crippen LogP contribution in [0.2, 0.25) is 0 Å². The molecule has 0 spiro atoms. The molecule has 0 bridgehead atoms. The summed E-state index contributed by atoms with van der Waals surface area (Å²) < 4.78 is 51.1. The Morgan fingerprint density at radius 1 is 1.33 bits per heavy atom. The summed E-state index contributed by atoms with van der Waals surface area (Å²) in [6.45, 7) is 1.40. The van der Waals surface area contributed by atoms with Crippen molar-refractivity contribution in [1.82, 2.24) is 0 Å². The monoisotopic (exact) mass is 278 g/mol. The number of carboxylic acid groups (broad SMARTS) is 1. The molecule has 1 N–H and O–H groups in total. The molecule has 0 atom stereocenters. The third-order valence-corrected chi connectivity index (χ3v) is 3.85. The number of fused-ring (bicyclic) bond motifs is 1. The summed E-state index contributed by atoms with van der Waals surface area (Å²) in [6.07, 6.45) is -4.85. The molecule has 0 aliphatic heterocycles. The van der Waals surface area contributed by atoms with Crippen LogP contribution >= 0.6 is 11.3 Å². The van der Waals surface area contributed by atoms with Gasteiger partial charge in [-0.05, 0) is 23.9 Å². The first-order valence-electron chi connectivity index (χ1n) is 4.75. The van der Waals surface area contributed by atoms with Crippen molar-refractivity contribution in [2.45, 2.75) is 13.1 Å². The first-order valence-corrected chi connectivity index (χ1v) is 5.57. The number of carbonyl (C=O) groups is 1. The van der Waals surface area contributed by atoms with E-state index in [1.165, 1.54) is 6.92 Å². The summed E-state index contributed by atoms with van der Waals surface area (Å²) in [7, 11) is 0. The lowest BCUT2D eigenvalue weighted by Gasteiger charge is -2.08. The van der Waals surface area contributed by atoms with Crippen LogP contribution in [0.15, 0.2) is 12.1 Å². The molecule has 0 saturated heterocycles. The molecule has 7 heteroatoms. The Bertz CT molecular complexity index is 643. The summed E-state index contributed by atoms with van der Waals surface area (Å²) in [5.41, 5.74) is -1.19. The van der Waals surface area contributed by atoms with Crippen LogP contribution in [-0.4, -0.2) is 11.1 Å². The molecular formula is C11H6F4O2S. The highest BCUT2D eigenvalue weighted by Gasteiger charge is 2.37. The zero-order valence-electron chi connectivity index (χ0n) is 8.93. The van der Waals surface area contributed by atoms with Crippen molar-refractivity contribution in [3.05, 3.63) is 34.0 Å². The molecule has 2 rings (SSSR count). The third-order valence-electron chi connectivity index (χ3n) is 2.53. The Hall–Kier alpha value is -1.63. The highest BCUT2D eigenvalue weighted by molar-refractivity contribution is 7.21. The predicted octanol–water partition coefficient (Wildman–Crippen LogP) is 4.07. The fourth-order valence-electron chi connectivity index (χ4n) is 1.73. The first-order chi connectivity index (χ1) is 8.23. The number of hydrogen-bond acceptors (Lipinski definition) is 2. The van der Waals surface area contributed by atoms with E-state index in [-0.39, 0.29) is 20.5 Å². The van der Waals surface area contributed by atoms with Gasteiger partial charge >= 0.3 is 12.1 Å². The number of aromatic carboxylic acids is 1. The predicted molar refractivity (Wildman–Crippen MR) is 58.5 cm³/mol. The van der Waals surface area contributed by atoms with Crippen molar-refractivity contribution in [2.75, 3.05) is 0 Å². The molecule has 0 unspecified atom stereocenters. The summed E-state index contributed by atoms with van der Waals surface area (Å²) in [4.78, 5) is 10.7. The number of alkyl halides is 3.